The first-order valence-electron chi connectivity index (χ1n) is 9.51. The lowest BCUT2D eigenvalue weighted by Crippen LogP contribution is -2.27. The van der Waals surface area contributed by atoms with Crippen LogP contribution in [0.2, 0.25) is 0 Å². The van der Waals surface area contributed by atoms with Crippen molar-refractivity contribution in [3.05, 3.63) is 102 Å². The van der Waals surface area contributed by atoms with E-state index in [0.717, 1.165) is 11.1 Å². The van der Waals surface area contributed by atoms with Crippen LogP contribution in [-0.2, 0) is 9.59 Å². The average Bonchev–Trinajstić information content (AvgIpc) is 2.75. The Bertz CT molecular complexity index is 980. The lowest BCUT2D eigenvalue weighted by Gasteiger charge is -2.16. The van der Waals surface area contributed by atoms with E-state index in [1.54, 1.807) is 6.92 Å². The largest absolute Gasteiger partial charge is 0.326 e. The molecule has 3 rings (SSSR count). The molecule has 3 aromatic rings. The van der Waals surface area contributed by atoms with E-state index >= 15 is 0 Å². The second kappa shape index (κ2) is 10.1. The van der Waals surface area contributed by atoms with E-state index in [9.17, 15) is 14.0 Å². The number of nitrogens with one attached hydrogen (secondary N) is 2. The summed E-state index contributed by atoms with van der Waals surface area (Å²) in [4.78, 5) is 25.0. The van der Waals surface area contributed by atoms with Gasteiger partial charge < -0.3 is 5.32 Å². The molecular formula is C24H22FN3O2. The molecule has 0 bridgehead atoms. The summed E-state index contributed by atoms with van der Waals surface area (Å²) in [6.45, 7) is 1.66. The van der Waals surface area contributed by atoms with Crippen molar-refractivity contribution in [1.29, 1.82) is 0 Å². The van der Waals surface area contributed by atoms with Crippen molar-refractivity contribution in [1.82, 2.24) is 5.43 Å². The standard InChI is InChI=1S/C24H22FN3O2/c1-17(16-22(29)26-21-14-12-20(25)13-15-21)27-28-24(30)23(18-8-4-2-5-9-18)19-10-6-3-7-11-19/h2-15,23H,16H2,1H3,(H,26,29)(H,28,30)/b27-17+. The molecule has 6 heteroatoms. The number of hydrazone groups is 1. The molecule has 0 radical (unpaired) electrons. The normalized spacial score (nSPS) is 11.2. The monoisotopic (exact) mass is 403 g/mol. The first-order chi connectivity index (χ1) is 14.5. The van der Waals surface area contributed by atoms with Gasteiger partial charge in [-0.2, -0.15) is 5.10 Å². The Morgan fingerprint density at radius 3 is 1.93 bits per heavy atom. The number of hydrogen-bond acceptors (Lipinski definition) is 3. The second-order valence-corrected chi connectivity index (χ2v) is 6.81. The van der Waals surface area contributed by atoms with E-state index in [0.29, 0.717) is 11.4 Å². The molecule has 0 fully saturated rings. The van der Waals surface area contributed by atoms with Gasteiger partial charge in [-0.05, 0) is 42.3 Å². The molecule has 0 aliphatic rings. The predicted molar refractivity (Wildman–Crippen MR) is 116 cm³/mol. The minimum absolute atomic E-state index is 0.000995. The van der Waals surface area contributed by atoms with Crippen molar-refractivity contribution >= 4 is 23.2 Å². The highest BCUT2D eigenvalue weighted by Crippen LogP contribution is 2.24. The highest BCUT2D eigenvalue weighted by molar-refractivity contribution is 6.05. The third-order valence-corrected chi connectivity index (χ3v) is 4.43. The van der Waals surface area contributed by atoms with Crippen molar-refractivity contribution in [3.63, 3.8) is 0 Å². The van der Waals surface area contributed by atoms with E-state index in [-0.39, 0.29) is 24.1 Å². The van der Waals surface area contributed by atoms with Crippen molar-refractivity contribution in [3.8, 4) is 0 Å². The topological polar surface area (TPSA) is 70.6 Å². The van der Waals surface area contributed by atoms with Crippen LogP contribution in [0.4, 0.5) is 10.1 Å². The van der Waals surface area contributed by atoms with Gasteiger partial charge in [0.15, 0.2) is 0 Å². The molecule has 0 saturated heterocycles. The first kappa shape index (κ1) is 20.9. The summed E-state index contributed by atoms with van der Waals surface area (Å²) < 4.78 is 12.9. The van der Waals surface area contributed by atoms with Gasteiger partial charge in [-0.1, -0.05) is 60.7 Å². The molecule has 0 aliphatic carbocycles. The highest BCUT2D eigenvalue weighted by atomic mass is 19.1. The fourth-order valence-electron chi connectivity index (χ4n) is 3.01. The summed E-state index contributed by atoms with van der Waals surface area (Å²) in [5.74, 6) is -1.48. The number of hydrogen-bond donors (Lipinski definition) is 2. The van der Waals surface area contributed by atoms with E-state index in [1.807, 2.05) is 60.7 Å². The van der Waals surface area contributed by atoms with Crippen LogP contribution < -0.4 is 10.7 Å². The zero-order chi connectivity index (χ0) is 21.3. The lowest BCUT2D eigenvalue weighted by molar-refractivity contribution is -0.121. The summed E-state index contributed by atoms with van der Waals surface area (Å²) in [7, 11) is 0. The van der Waals surface area contributed by atoms with Gasteiger partial charge >= 0.3 is 0 Å². The molecule has 0 saturated carbocycles. The zero-order valence-electron chi connectivity index (χ0n) is 16.5. The number of rotatable bonds is 7. The quantitative estimate of drug-likeness (QED) is 0.451. The Kier molecular flexibility index (Phi) is 7.05. The molecule has 0 aromatic heterocycles. The van der Waals surface area contributed by atoms with Crippen LogP contribution in [-0.4, -0.2) is 17.5 Å². The molecular weight excluding hydrogens is 381 g/mol. The van der Waals surface area contributed by atoms with Gasteiger partial charge in [0.25, 0.3) is 5.91 Å². The first-order valence-corrected chi connectivity index (χ1v) is 9.51. The number of carbonyl (C=O) groups excluding carboxylic acids is 2. The fraction of sp³-hybridized carbons (Fsp3) is 0.125. The van der Waals surface area contributed by atoms with Crippen molar-refractivity contribution in [2.45, 2.75) is 19.3 Å². The van der Waals surface area contributed by atoms with Crippen LogP contribution in [0.3, 0.4) is 0 Å². The predicted octanol–water partition coefficient (Wildman–Crippen LogP) is 4.48. The maximum Gasteiger partial charge on any atom is 0.252 e. The van der Waals surface area contributed by atoms with Crippen LogP contribution in [0, 0.1) is 5.82 Å². The number of carbonyl (C=O) groups is 2. The smallest absolute Gasteiger partial charge is 0.252 e. The number of benzene rings is 3. The SMILES string of the molecule is C/C(CC(=O)Nc1ccc(F)cc1)=N\NC(=O)C(c1ccccc1)c1ccccc1. The molecule has 0 aliphatic heterocycles. The van der Waals surface area contributed by atoms with Crippen molar-refractivity contribution in [2.24, 2.45) is 5.10 Å². The number of amides is 2. The van der Waals surface area contributed by atoms with Gasteiger partial charge in [-0.3, -0.25) is 9.59 Å². The van der Waals surface area contributed by atoms with Crippen LogP contribution in [0.1, 0.15) is 30.4 Å². The number of anilines is 1. The number of nitrogens with zero attached hydrogens (tertiary/aromatic N) is 1. The van der Waals surface area contributed by atoms with E-state index in [4.69, 9.17) is 0 Å². The summed E-state index contributed by atoms with van der Waals surface area (Å²) >= 11 is 0. The summed E-state index contributed by atoms with van der Waals surface area (Å²) in [5.41, 5.74) is 5.21. The summed E-state index contributed by atoms with van der Waals surface area (Å²) in [6, 6.07) is 24.4. The van der Waals surface area contributed by atoms with E-state index in [1.165, 1.54) is 24.3 Å². The van der Waals surface area contributed by atoms with E-state index < -0.39 is 5.92 Å². The Morgan fingerprint density at radius 1 is 0.867 bits per heavy atom. The van der Waals surface area contributed by atoms with Crippen LogP contribution >= 0.6 is 0 Å². The van der Waals surface area contributed by atoms with Crippen LogP contribution in [0.25, 0.3) is 0 Å². The molecule has 5 nitrogen and oxygen atoms in total. The Labute approximate surface area is 174 Å². The highest BCUT2D eigenvalue weighted by Gasteiger charge is 2.22. The van der Waals surface area contributed by atoms with Gasteiger partial charge in [0, 0.05) is 11.4 Å². The third kappa shape index (κ3) is 5.85. The van der Waals surface area contributed by atoms with E-state index in [2.05, 4.69) is 15.8 Å². The maximum absolute atomic E-state index is 12.9. The van der Waals surface area contributed by atoms with Gasteiger partial charge in [-0.25, -0.2) is 9.82 Å². The molecule has 2 N–H and O–H groups in total. The molecule has 3 aromatic carbocycles. The van der Waals surface area contributed by atoms with Crippen LogP contribution in [0.5, 0.6) is 0 Å². The maximum atomic E-state index is 12.9. The molecule has 152 valence electrons. The molecule has 0 atom stereocenters. The fourth-order valence-corrected chi connectivity index (χ4v) is 3.01. The van der Waals surface area contributed by atoms with Gasteiger partial charge in [0.2, 0.25) is 5.91 Å². The second-order valence-electron chi connectivity index (χ2n) is 6.81. The average molecular weight is 403 g/mol. The summed E-state index contributed by atoms with van der Waals surface area (Å²) in [5, 5.41) is 6.75. The third-order valence-electron chi connectivity index (χ3n) is 4.43. The summed E-state index contributed by atoms with van der Waals surface area (Å²) in [6.07, 6.45) is -0.000995. The van der Waals surface area contributed by atoms with Crippen LogP contribution in [0.15, 0.2) is 90.0 Å². The Hall–Kier alpha value is -3.80. The zero-order valence-corrected chi connectivity index (χ0v) is 16.5. The lowest BCUT2D eigenvalue weighted by atomic mass is 9.91. The van der Waals surface area contributed by atoms with Gasteiger partial charge in [0.1, 0.15) is 5.82 Å². The molecule has 0 heterocycles. The molecule has 0 spiro atoms. The van der Waals surface area contributed by atoms with Gasteiger partial charge in [-0.15, -0.1) is 0 Å². The minimum Gasteiger partial charge on any atom is -0.326 e. The van der Waals surface area contributed by atoms with Crippen molar-refractivity contribution in [2.75, 3.05) is 5.32 Å². The van der Waals surface area contributed by atoms with Crippen molar-refractivity contribution < 1.29 is 14.0 Å². The molecule has 2 amide bonds. The molecule has 0 unspecified atom stereocenters. The molecule has 30 heavy (non-hydrogen) atoms. The number of halogens is 1. The Morgan fingerprint density at radius 2 is 1.40 bits per heavy atom. The van der Waals surface area contributed by atoms with Gasteiger partial charge in [0.05, 0.1) is 12.3 Å². The Balaban J connectivity index is 1.65. The minimum atomic E-state index is -0.517.